The molecule has 3 rings (SSSR count). The van der Waals surface area contributed by atoms with Gasteiger partial charge in [-0.15, -0.1) is 0 Å². The third-order valence-corrected chi connectivity index (χ3v) is 5.21. The molecule has 1 saturated heterocycles. The monoisotopic (exact) mass is 477 g/mol. The summed E-state index contributed by atoms with van der Waals surface area (Å²) in [5, 5.41) is 7.08. The van der Waals surface area contributed by atoms with Crippen LogP contribution in [0.5, 0.6) is 0 Å². The van der Waals surface area contributed by atoms with Crippen molar-refractivity contribution in [1.29, 1.82) is 0 Å². The van der Waals surface area contributed by atoms with Crippen molar-refractivity contribution in [1.82, 2.24) is 19.9 Å². The van der Waals surface area contributed by atoms with Crippen LogP contribution in [0.1, 0.15) is 19.3 Å². The molecule has 0 unspecified atom stereocenters. The Morgan fingerprint density at radius 3 is 2.33 bits per heavy atom. The number of nitrogens with two attached hydrogens (primary N) is 1. The van der Waals surface area contributed by atoms with E-state index in [-0.39, 0.29) is 5.91 Å². The summed E-state index contributed by atoms with van der Waals surface area (Å²) < 4.78 is 10.8. The molecule has 1 aliphatic heterocycles. The zero-order valence-electron chi connectivity index (χ0n) is 18.8. The van der Waals surface area contributed by atoms with Gasteiger partial charge in [-0.3, -0.25) is 4.79 Å². The van der Waals surface area contributed by atoms with E-state index in [0.717, 1.165) is 31.5 Å². The zero-order valence-corrected chi connectivity index (χ0v) is 19.5. The molecular weight excluding hydrogens is 446 g/mol. The smallest absolute Gasteiger partial charge is 0.228 e. The van der Waals surface area contributed by atoms with Crippen molar-refractivity contribution < 1.29 is 14.3 Å². The minimum Gasteiger partial charge on any atom is -0.378 e. The second kappa shape index (κ2) is 13.9. The van der Waals surface area contributed by atoms with Crippen LogP contribution in [0, 0.1) is 0 Å². The number of carbonyl (C=O) groups is 1. The lowest BCUT2D eigenvalue weighted by atomic mass is 10.2. The average Bonchev–Trinajstić information content (AvgIpc) is 3.23. The van der Waals surface area contributed by atoms with Crippen molar-refractivity contribution in [3.8, 4) is 11.4 Å². The molecule has 0 spiro atoms. The SMILES string of the molecule is NCCOCCOCCNc1nc(NCCCN2CCCC2=O)nc(-c2ccc(Cl)cc2)n1. The van der Waals surface area contributed by atoms with Crippen LogP contribution in [-0.4, -0.2) is 84.9 Å². The molecule has 1 amide bonds. The molecule has 2 aromatic rings. The van der Waals surface area contributed by atoms with Gasteiger partial charge in [-0.2, -0.15) is 15.0 Å². The Bertz CT molecular complexity index is 870. The van der Waals surface area contributed by atoms with Gasteiger partial charge < -0.3 is 30.7 Å². The topological polar surface area (TPSA) is 128 Å². The molecule has 1 aromatic carbocycles. The second-order valence-electron chi connectivity index (χ2n) is 7.52. The first-order valence-corrected chi connectivity index (χ1v) is 11.7. The molecule has 10 nitrogen and oxygen atoms in total. The molecule has 0 bridgehead atoms. The van der Waals surface area contributed by atoms with Crippen LogP contribution in [0.15, 0.2) is 24.3 Å². The van der Waals surface area contributed by atoms with Gasteiger partial charge in [-0.25, -0.2) is 0 Å². The van der Waals surface area contributed by atoms with Crippen molar-refractivity contribution in [3.05, 3.63) is 29.3 Å². The Balaban J connectivity index is 1.54. The number of nitrogens with zero attached hydrogens (tertiary/aromatic N) is 4. The summed E-state index contributed by atoms with van der Waals surface area (Å²) >= 11 is 6.01. The van der Waals surface area contributed by atoms with Gasteiger partial charge in [-0.05, 0) is 37.1 Å². The number of anilines is 2. The van der Waals surface area contributed by atoms with Gasteiger partial charge in [0, 0.05) is 49.7 Å². The van der Waals surface area contributed by atoms with Crippen molar-refractivity contribution >= 4 is 29.4 Å². The van der Waals surface area contributed by atoms with Gasteiger partial charge in [0.2, 0.25) is 17.8 Å². The van der Waals surface area contributed by atoms with E-state index in [9.17, 15) is 4.79 Å². The van der Waals surface area contributed by atoms with Crippen LogP contribution in [-0.2, 0) is 14.3 Å². The van der Waals surface area contributed by atoms with Gasteiger partial charge in [0.1, 0.15) is 0 Å². The summed E-state index contributed by atoms with van der Waals surface area (Å²) in [4.78, 5) is 27.2. The molecule has 2 heterocycles. The fourth-order valence-corrected chi connectivity index (χ4v) is 3.44. The van der Waals surface area contributed by atoms with E-state index < -0.39 is 0 Å². The first-order valence-electron chi connectivity index (χ1n) is 11.3. The van der Waals surface area contributed by atoms with E-state index in [1.54, 1.807) is 12.1 Å². The lowest BCUT2D eigenvalue weighted by molar-refractivity contribution is -0.127. The Kier molecular flexibility index (Phi) is 10.6. The molecule has 4 N–H and O–H groups in total. The Morgan fingerprint density at radius 2 is 1.67 bits per heavy atom. The van der Waals surface area contributed by atoms with Crippen LogP contribution in [0.2, 0.25) is 5.02 Å². The van der Waals surface area contributed by atoms with Crippen molar-refractivity contribution in [3.63, 3.8) is 0 Å². The molecule has 1 aliphatic rings. The molecule has 33 heavy (non-hydrogen) atoms. The van der Waals surface area contributed by atoms with Gasteiger partial charge in [0.05, 0.1) is 26.4 Å². The fourth-order valence-electron chi connectivity index (χ4n) is 3.31. The van der Waals surface area contributed by atoms with Crippen molar-refractivity contribution in [2.45, 2.75) is 19.3 Å². The Hall–Kier alpha value is -2.53. The molecular formula is C22H32ClN7O3. The summed E-state index contributed by atoms with van der Waals surface area (Å²) in [6.45, 7) is 5.31. The van der Waals surface area contributed by atoms with Crippen LogP contribution in [0.4, 0.5) is 11.9 Å². The third-order valence-electron chi connectivity index (χ3n) is 4.96. The zero-order chi connectivity index (χ0) is 23.3. The van der Waals surface area contributed by atoms with E-state index in [2.05, 4.69) is 25.6 Å². The molecule has 0 aliphatic carbocycles. The van der Waals surface area contributed by atoms with Gasteiger partial charge in [0.25, 0.3) is 0 Å². The van der Waals surface area contributed by atoms with Gasteiger partial charge >= 0.3 is 0 Å². The lowest BCUT2D eigenvalue weighted by Crippen LogP contribution is -2.27. The van der Waals surface area contributed by atoms with Crippen LogP contribution >= 0.6 is 11.6 Å². The highest BCUT2D eigenvalue weighted by Gasteiger charge is 2.19. The summed E-state index contributed by atoms with van der Waals surface area (Å²) in [6, 6.07) is 7.34. The Morgan fingerprint density at radius 1 is 0.970 bits per heavy atom. The first-order chi connectivity index (χ1) is 16.2. The number of carbonyl (C=O) groups excluding carboxylic acids is 1. The van der Waals surface area contributed by atoms with Gasteiger partial charge in [0.15, 0.2) is 5.82 Å². The fraction of sp³-hybridized carbons (Fsp3) is 0.545. The summed E-state index contributed by atoms with van der Waals surface area (Å²) in [5.41, 5.74) is 6.22. The highest BCUT2D eigenvalue weighted by atomic mass is 35.5. The number of amides is 1. The van der Waals surface area contributed by atoms with E-state index in [4.69, 9.17) is 26.8 Å². The van der Waals surface area contributed by atoms with Crippen LogP contribution in [0.3, 0.4) is 0 Å². The predicted octanol–water partition coefficient (Wildman–Crippen LogP) is 2.02. The predicted molar refractivity (Wildman–Crippen MR) is 128 cm³/mol. The van der Waals surface area contributed by atoms with Crippen molar-refractivity contribution in [2.24, 2.45) is 5.73 Å². The number of rotatable bonds is 15. The number of ether oxygens (including phenoxy) is 2. The summed E-state index contributed by atoms with van der Waals surface area (Å²) in [6.07, 6.45) is 2.42. The maximum atomic E-state index is 11.8. The second-order valence-corrected chi connectivity index (χ2v) is 7.95. The standard InChI is InChI=1S/C22H32ClN7O3/c23-18-6-4-17(5-7-18)20-27-21(25-9-2-12-30-11-1-3-19(30)31)29-22(28-20)26-10-14-33-16-15-32-13-8-24/h4-7H,1-3,8-16,24H2,(H2,25,26,27,28,29). The van der Waals surface area contributed by atoms with E-state index in [1.165, 1.54) is 0 Å². The number of likely N-dealkylation sites (tertiary alicyclic amines) is 1. The number of hydrogen-bond donors (Lipinski definition) is 3. The highest BCUT2D eigenvalue weighted by Crippen LogP contribution is 2.20. The first kappa shape index (κ1) is 25.1. The summed E-state index contributed by atoms with van der Waals surface area (Å²) in [7, 11) is 0. The highest BCUT2D eigenvalue weighted by molar-refractivity contribution is 6.30. The maximum Gasteiger partial charge on any atom is 0.228 e. The third kappa shape index (κ3) is 8.73. The minimum atomic E-state index is 0.236. The number of benzene rings is 1. The molecule has 0 radical (unpaired) electrons. The maximum absolute atomic E-state index is 11.8. The quantitative estimate of drug-likeness (QED) is 0.330. The molecule has 180 valence electrons. The number of aromatic nitrogens is 3. The molecule has 0 saturated carbocycles. The Labute approximate surface area is 199 Å². The number of hydrogen-bond acceptors (Lipinski definition) is 9. The molecule has 1 aromatic heterocycles. The van der Waals surface area contributed by atoms with Crippen LogP contribution < -0.4 is 16.4 Å². The van der Waals surface area contributed by atoms with E-state index in [1.807, 2.05) is 17.0 Å². The normalized spacial score (nSPS) is 13.5. The van der Waals surface area contributed by atoms with E-state index in [0.29, 0.717) is 75.2 Å². The minimum absolute atomic E-state index is 0.236. The van der Waals surface area contributed by atoms with Crippen LogP contribution in [0.25, 0.3) is 11.4 Å². The lowest BCUT2D eigenvalue weighted by Gasteiger charge is -2.15. The largest absolute Gasteiger partial charge is 0.378 e. The van der Waals surface area contributed by atoms with Gasteiger partial charge in [-0.1, -0.05) is 11.6 Å². The average molecular weight is 478 g/mol. The molecule has 11 heteroatoms. The number of halogens is 1. The summed E-state index contributed by atoms with van der Waals surface area (Å²) in [5.74, 6) is 1.70. The number of nitrogens with one attached hydrogen (secondary N) is 2. The molecule has 0 atom stereocenters. The van der Waals surface area contributed by atoms with Crippen molar-refractivity contribution in [2.75, 3.05) is 69.8 Å². The van der Waals surface area contributed by atoms with E-state index >= 15 is 0 Å². The molecule has 1 fully saturated rings.